The van der Waals surface area contributed by atoms with Gasteiger partial charge in [-0.05, 0) is 19.3 Å². The van der Waals surface area contributed by atoms with Gasteiger partial charge in [0.15, 0.2) is 0 Å². The van der Waals surface area contributed by atoms with E-state index >= 15 is 0 Å². The van der Waals surface area contributed by atoms with E-state index in [1.165, 1.54) is 12.7 Å². The Morgan fingerprint density at radius 3 is 2.64 bits per heavy atom. The van der Waals surface area contributed by atoms with E-state index in [-0.39, 0.29) is 11.9 Å². The van der Waals surface area contributed by atoms with Gasteiger partial charge in [0.05, 0.1) is 21.1 Å². The van der Waals surface area contributed by atoms with E-state index in [0.29, 0.717) is 0 Å². The van der Waals surface area contributed by atoms with Crippen molar-refractivity contribution in [2.24, 2.45) is 5.92 Å². The largest absolute Gasteiger partial charge is 0.469 e. The smallest absolute Gasteiger partial charge is 0.312 e. The van der Waals surface area contributed by atoms with Crippen LogP contribution >= 0.6 is 0 Å². The molecule has 1 atom stereocenters. The highest BCUT2D eigenvalue weighted by Gasteiger charge is 2.29. The first-order chi connectivity index (χ1) is 6.44. The summed E-state index contributed by atoms with van der Waals surface area (Å²) in [5, 5.41) is 0. The zero-order valence-corrected chi connectivity index (χ0v) is 10.6. The minimum absolute atomic E-state index is 0.0491. The highest BCUT2D eigenvalue weighted by molar-refractivity contribution is 6.81. The summed E-state index contributed by atoms with van der Waals surface area (Å²) in [6.07, 6.45) is 3.20. The fourth-order valence-corrected chi connectivity index (χ4v) is 3.47. The van der Waals surface area contributed by atoms with E-state index in [1.807, 2.05) is 0 Å². The first-order valence-electron chi connectivity index (χ1n) is 5.23. The molecule has 0 N–H and O–H groups in total. The van der Waals surface area contributed by atoms with Crippen LogP contribution in [0.15, 0.2) is 11.3 Å². The molecule has 0 aromatic carbocycles. The lowest BCUT2D eigenvalue weighted by atomic mass is 10.1. The Morgan fingerprint density at radius 1 is 1.50 bits per heavy atom. The molecule has 0 aromatic rings. The molecule has 3 heteroatoms. The lowest BCUT2D eigenvalue weighted by Gasteiger charge is -2.15. The summed E-state index contributed by atoms with van der Waals surface area (Å²) in [7, 11) is 0.286. The van der Waals surface area contributed by atoms with Gasteiger partial charge in [-0.1, -0.05) is 30.9 Å². The SMILES string of the molecule is COC(=O)C1CCC/C1=C\[Si](C)(C)C. The molecule has 0 radical (unpaired) electrons. The molecule has 80 valence electrons. The topological polar surface area (TPSA) is 26.3 Å². The zero-order valence-electron chi connectivity index (χ0n) is 9.59. The van der Waals surface area contributed by atoms with Gasteiger partial charge in [0.2, 0.25) is 0 Å². The van der Waals surface area contributed by atoms with Crippen LogP contribution in [0, 0.1) is 5.92 Å². The third-order valence-electron chi connectivity index (χ3n) is 2.51. The number of hydrogen-bond donors (Lipinski definition) is 0. The quantitative estimate of drug-likeness (QED) is 0.520. The van der Waals surface area contributed by atoms with Crippen molar-refractivity contribution in [2.75, 3.05) is 7.11 Å². The fourth-order valence-electron chi connectivity index (χ4n) is 2.01. The van der Waals surface area contributed by atoms with Gasteiger partial charge in [-0.15, -0.1) is 0 Å². The zero-order chi connectivity index (χ0) is 10.8. The summed E-state index contributed by atoms with van der Waals surface area (Å²) in [6.45, 7) is 6.89. The van der Waals surface area contributed by atoms with Gasteiger partial charge in [0, 0.05) is 0 Å². The summed E-state index contributed by atoms with van der Waals surface area (Å²) in [6, 6.07) is 0. The highest BCUT2D eigenvalue weighted by atomic mass is 28.3. The molecule has 0 bridgehead atoms. The average Bonchev–Trinajstić information content (AvgIpc) is 2.48. The van der Waals surface area contributed by atoms with Crippen molar-refractivity contribution in [1.29, 1.82) is 0 Å². The summed E-state index contributed by atoms with van der Waals surface area (Å²) >= 11 is 0. The molecule has 1 aliphatic rings. The summed E-state index contributed by atoms with van der Waals surface area (Å²) in [4.78, 5) is 11.5. The molecule has 0 heterocycles. The molecule has 0 amide bonds. The number of carbonyl (C=O) groups is 1. The highest BCUT2D eigenvalue weighted by Crippen LogP contribution is 2.33. The molecular formula is C11H20O2Si. The number of hydrogen-bond acceptors (Lipinski definition) is 2. The number of carbonyl (C=O) groups excluding carboxylic acids is 1. The fraction of sp³-hybridized carbons (Fsp3) is 0.727. The van der Waals surface area contributed by atoms with Crippen LogP contribution in [-0.4, -0.2) is 21.2 Å². The van der Waals surface area contributed by atoms with Crippen LogP contribution in [0.1, 0.15) is 19.3 Å². The maximum Gasteiger partial charge on any atom is 0.312 e. The van der Waals surface area contributed by atoms with Crippen molar-refractivity contribution < 1.29 is 9.53 Å². The molecule has 0 aromatic heterocycles. The van der Waals surface area contributed by atoms with Crippen molar-refractivity contribution in [1.82, 2.24) is 0 Å². The molecule has 0 aliphatic heterocycles. The van der Waals surface area contributed by atoms with Gasteiger partial charge in [-0.25, -0.2) is 0 Å². The Bertz CT molecular complexity index is 251. The van der Waals surface area contributed by atoms with E-state index in [4.69, 9.17) is 4.74 Å². The molecule has 1 unspecified atom stereocenters. The predicted molar refractivity (Wildman–Crippen MR) is 60.8 cm³/mol. The van der Waals surface area contributed by atoms with Crippen molar-refractivity contribution in [2.45, 2.75) is 38.9 Å². The molecule has 2 nitrogen and oxygen atoms in total. The maximum absolute atomic E-state index is 11.5. The van der Waals surface area contributed by atoms with E-state index in [0.717, 1.165) is 19.3 Å². The van der Waals surface area contributed by atoms with Gasteiger partial charge in [0.1, 0.15) is 0 Å². The van der Waals surface area contributed by atoms with E-state index < -0.39 is 8.07 Å². The van der Waals surface area contributed by atoms with Crippen LogP contribution in [0.3, 0.4) is 0 Å². The normalized spacial score (nSPS) is 25.4. The maximum atomic E-state index is 11.5. The van der Waals surface area contributed by atoms with Gasteiger partial charge >= 0.3 is 5.97 Å². The second-order valence-corrected chi connectivity index (χ2v) is 10.1. The molecule has 1 rings (SSSR count). The second-order valence-electron chi connectivity index (χ2n) is 5.05. The molecule has 0 spiro atoms. The van der Waals surface area contributed by atoms with Gasteiger partial charge in [-0.2, -0.15) is 0 Å². The Balaban J connectivity index is 2.78. The molecule has 1 aliphatic carbocycles. The summed E-state index contributed by atoms with van der Waals surface area (Å²) < 4.78 is 4.81. The van der Waals surface area contributed by atoms with Crippen molar-refractivity contribution in [3.63, 3.8) is 0 Å². The molecular weight excluding hydrogens is 192 g/mol. The van der Waals surface area contributed by atoms with E-state index in [9.17, 15) is 4.79 Å². The third-order valence-corrected chi connectivity index (χ3v) is 3.75. The van der Waals surface area contributed by atoms with E-state index in [2.05, 4.69) is 25.3 Å². The van der Waals surface area contributed by atoms with Crippen molar-refractivity contribution in [3.8, 4) is 0 Å². The monoisotopic (exact) mass is 212 g/mol. The molecule has 1 saturated carbocycles. The Morgan fingerprint density at radius 2 is 2.14 bits per heavy atom. The lowest BCUT2D eigenvalue weighted by molar-refractivity contribution is -0.143. The Hall–Kier alpha value is -0.573. The van der Waals surface area contributed by atoms with Crippen LogP contribution in [-0.2, 0) is 9.53 Å². The van der Waals surface area contributed by atoms with Gasteiger partial charge < -0.3 is 4.74 Å². The van der Waals surface area contributed by atoms with Crippen molar-refractivity contribution >= 4 is 14.0 Å². The minimum atomic E-state index is -1.19. The number of methoxy groups -OCH3 is 1. The first-order valence-corrected chi connectivity index (χ1v) is 8.81. The van der Waals surface area contributed by atoms with Crippen LogP contribution in [0.2, 0.25) is 19.6 Å². The summed E-state index contributed by atoms with van der Waals surface area (Å²) in [5.74, 6) is 0.0127. The summed E-state index contributed by atoms with van der Waals surface area (Å²) in [5.41, 5.74) is 3.69. The van der Waals surface area contributed by atoms with Crippen LogP contribution in [0.4, 0.5) is 0 Å². The van der Waals surface area contributed by atoms with Crippen LogP contribution in [0.5, 0.6) is 0 Å². The van der Waals surface area contributed by atoms with Gasteiger partial charge in [-0.3, -0.25) is 4.79 Å². The number of ether oxygens (including phenoxy) is 1. The number of rotatable bonds is 2. The first kappa shape index (κ1) is 11.5. The Kier molecular flexibility index (Phi) is 3.53. The third kappa shape index (κ3) is 2.98. The number of esters is 1. The van der Waals surface area contributed by atoms with Crippen LogP contribution < -0.4 is 0 Å². The Labute approximate surface area is 87.3 Å². The van der Waals surface area contributed by atoms with E-state index in [1.54, 1.807) is 0 Å². The van der Waals surface area contributed by atoms with Gasteiger partial charge in [0.25, 0.3) is 0 Å². The predicted octanol–water partition coefficient (Wildman–Crippen LogP) is 2.76. The molecule has 1 fully saturated rings. The van der Waals surface area contributed by atoms with Crippen molar-refractivity contribution in [3.05, 3.63) is 11.3 Å². The van der Waals surface area contributed by atoms with Crippen LogP contribution in [0.25, 0.3) is 0 Å². The molecule has 14 heavy (non-hydrogen) atoms. The molecule has 0 saturated heterocycles. The second kappa shape index (κ2) is 4.30. The minimum Gasteiger partial charge on any atom is -0.469 e. The lowest BCUT2D eigenvalue weighted by Crippen LogP contribution is -2.21. The standard InChI is InChI=1S/C11H20O2Si/c1-13-11(12)10-7-5-6-9(10)8-14(2,3)4/h8,10H,5-7H2,1-4H3/b9-8+. The average molecular weight is 212 g/mol.